The van der Waals surface area contributed by atoms with Crippen LogP contribution in [0.1, 0.15) is 258 Å². The van der Waals surface area contributed by atoms with E-state index in [1.54, 1.807) is 0 Å². The number of hydrogen-bond donors (Lipinski definition) is 3. The zero-order valence-electron chi connectivity index (χ0n) is 35.1. The minimum Gasteiger partial charge on any atom is -0.466 e. The van der Waals surface area contributed by atoms with Gasteiger partial charge in [-0.25, -0.2) is 0 Å². The van der Waals surface area contributed by atoms with Gasteiger partial charge in [-0.05, 0) is 25.7 Å². The van der Waals surface area contributed by atoms with Crippen LogP contribution in [-0.2, 0) is 14.3 Å². The molecule has 0 aromatic rings. The molecule has 0 radical (unpaired) electrons. The van der Waals surface area contributed by atoms with Crippen molar-refractivity contribution in [3.05, 3.63) is 0 Å². The quantitative estimate of drug-likeness (QED) is 0.0428. The van der Waals surface area contributed by atoms with Gasteiger partial charge in [-0.3, -0.25) is 9.59 Å². The fourth-order valence-electron chi connectivity index (χ4n) is 7.29. The topological polar surface area (TPSA) is 95.9 Å². The van der Waals surface area contributed by atoms with Gasteiger partial charge in [0.15, 0.2) is 0 Å². The summed E-state index contributed by atoms with van der Waals surface area (Å²) in [5.41, 5.74) is 0. The van der Waals surface area contributed by atoms with Crippen LogP contribution in [0.25, 0.3) is 0 Å². The Balaban J connectivity index is 3.43. The maximum absolute atomic E-state index is 12.4. The minimum atomic E-state index is -0.674. The molecule has 2 unspecified atom stereocenters. The monoisotopic (exact) mass is 738 g/mol. The molecule has 6 nitrogen and oxygen atoms in total. The Morgan fingerprint density at radius 2 is 0.788 bits per heavy atom. The lowest BCUT2D eigenvalue weighted by Crippen LogP contribution is -2.45. The lowest BCUT2D eigenvalue weighted by atomic mass is 10.0. The second-order valence-electron chi connectivity index (χ2n) is 16.1. The van der Waals surface area contributed by atoms with Crippen molar-refractivity contribution in [1.29, 1.82) is 0 Å². The average molecular weight is 738 g/mol. The van der Waals surface area contributed by atoms with E-state index in [0.717, 1.165) is 57.8 Å². The lowest BCUT2D eigenvalue weighted by molar-refractivity contribution is -0.143. The summed E-state index contributed by atoms with van der Waals surface area (Å²) in [6.07, 6.45) is 44.9. The third-order valence-electron chi connectivity index (χ3n) is 10.9. The van der Waals surface area contributed by atoms with Crippen molar-refractivity contribution in [3.63, 3.8) is 0 Å². The van der Waals surface area contributed by atoms with Crippen LogP contribution in [0.2, 0.25) is 0 Å². The van der Waals surface area contributed by atoms with E-state index in [1.807, 2.05) is 0 Å². The molecule has 0 saturated carbocycles. The molecule has 0 aliphatic heterocycles. The van der Waals surface area contributed by atoms with Crippen LogP contribution in [-0.4, -0.2) is 47.4 Å². The maximum Gasteiger partial charge on any atom is 0.305 e. The van der Waals surface area contributed by atoms with Gasteiger partial charge in [0.05, 0.1) is 25.4 Å². The largest absolute Gasteiger partial charge is 0.466 e. The standard InChI is InChI=1S/C46H91NO5/c1-3-5-7-9-11-13-14-15-16-17-18-19-24-28-32-36-40-46(51)52-41-37-33-29-25-21-20-23-27-31-35-39-45(50)47-43(42-48)44(49)38-34-30-26-22-12-10-8-6-4-2/h43-44,48-49H,3-42H2,1-2H3,(H,47,50). The van der Waals surface area contributed by atoms with Gasteiger partial charge < -0.3 is 20.3 Å². The Kier molecular flexibility index (Phi) is 41.7. The zero-order chi connectivity index (χ0) is 38.0. The van der Waals surface area contributed by atoms with Crippen molar-refractivity contribution in [2.45, 2.75) is 270 Å². The van der Waals surface area contributed by atoms with E-state index < -0.39 is 12.1 Å². The summed E-state index contributed by atoms with van der Waals surface area (Å²) in [4.78, 5) is 24.4. The average Bonchev–Trinajstić information content (AvgIpc) is 3.14. The molecule has 0 aliphatic rings. The highest BCUT2D eigenvalue weighted by Gasteiger charge is 2.20. The Labute approximate surface area is 324 Å². The first kappa shape index (κ1) is 50.9. The Bertz CT molecular complexity index is 732. The van der Waals surface area contributed by atoms with Crippen LogP contribution >= 0.6 is 0 Å². The van der Waals surface area contributed by atoms with E-state index >= 15 is 0 Å². The summed E-state index contributed by atoms with van der Waals surface area (Å²) in [5, 5.41) is 23.0. The fourth-order valence-corrected chi connectivity index (χ4v) is 7.29. The minimum absolute atomic E-state index is 0.0157. The van der Waals surface area contributed by atoms with E-state index in [1.165, 1.54) is 167 Å². The molecule has 0 aliphatic carbocycles. The van der Waals surface area contributed by atoms with E-state index in [0.29, 0.717) is 25.9 Å². The third kappa shape index (κ3) is 38.6. The summed E-state index contributed by atoms with van der Waals surface area (Å²) >= 11 is 0. The van der Waals surface area contributed by atoms with Gasteiger partial charge in [-0.15, -0.1) is 0 Å². The SMILES string of the molecule is CCCCCCCCCCCCCCCCCCC(=O)OCCCCCCCCCCCCC(=O)NC(CO)C(O)CCCCCCCCCCC. The molecule has 1 amide bonds. The summed E-state index contributed by atoms with van der Waals surface area (Å²) in [6.45, 7) is 4.88. The molecule has 3 N–H and O–H groups in total. The molecule has 0 rings (SSSR count). The number of carbonyl (C=O) groups excluding carboxylic acids is 2. The molecule has 0 heterocycles. The fraction of sp³-hybridized carbons (Fsp3) is 0.957. The Morgan fingerprint density at radius 3 is 1.17 bits per heavy atom. The van der Waals surface area contributed by atoms with Crippen molar-refractivity contribution in [1.82, 2.24) is 5.32 Å². The highest BCUT2D eigenvalue weighted by atomic mass is 16.5. The van der Waals surface area contributed by atoms with Gasteiger partial charge in [-0.1, -0.05) is 219 Å². The molecule has 0 aromatic carbocycles. The molecule has 0 fully saturated rings. The summed E-state index contributed by atoms with van der Waals surface area (Å²) in [5.74, 6) is -0.0749. The number of esters is 1. The first-order valence-electron chi connectivity index (χ1n) is 23.3. The van der Waals surface area contributed by atoms with Gasteiger partial charge in [0.25, 0.3) is 0 Å². The van der Waals surface area contributed by atoms with Crippen molar-refractivity contribution in [2.75, 3.05) is 13.2 Å². The van der Waals surface area contributed by atoms with Gasteiger partial charge >= 0.3 is 5.97 Å². The number of carbonyl (C=O) groups is 2. The highest BCUT2D eigenvalue weighted by molar-refractivity contribution is 5.76. The molecule has 0 aromatic heterocycles. The van der Waals surface area contributed by atoms with Crippen LogP contribution in [0.4, 0.5) is 0 Å². The number of amides is 1. The number of rotatable bonds is 43. The molecular weight excluding hydrogens is 647 g/mol. The normalized spacial score (nSPS) is 12.6. The molecular formula is C46H91NO5. The van der Waals surface area contributed by atoms with Crippen molar-refractivity contribution in [3.8, 4) is 0 Å². The molecule has 6 heteroatoms. The number of aliphatic hydroxyl groups excluding tert-OH is 2. The van der Waals surface area contributed by atoms with Crippen LogP contribution in [0.5, 0.6) is 0 Å². The molecule has 52 heavy (non-hydrogen) atoms. The molecule has 2 atom stereocenters. The van der Waals surface area contributed by atoms with E-state index in [2.05, 4.69) is 19.2 Å². The third-order valence-corrected chi connectivity index (χ3v) is 10.9. The lowest BCUT2D eigenvalue weighted by Gasteiger charge is -2.22. The van der Waals surface area contributed by atoms with Gasteiger partial charge in [0, 0.05) is 12.8 Å². The predicted molar refractivity (Wildman–Crippen MR) is 223 cm³/mol. The number of aliphatic hydroxyl groups is 2. The number of nitrogens with one attached hydrogen (secondary N) is 1. The van der Waals surface area contributed by atoms with E-state index in [-0.39, 0.29) is 18.5 Å². The van der Waals surface area contributed by atoms with Crippen molar-refractivity contribution >= 4 is 11.9 Å². The second-order valence-corrected chi connectivity index (χ2v) is 16.1. The highest BCUT2D eigenvalue weighted by Crippen LogP contribution is 2.16. The first-order chi connectivity index (χ1) is 25.5. The second kappa shape index (κ2) is 42.6. The number of ether oxygens (including phenoxy) is 1. The smallest absolute Gasteiger partial charge is 0.305 e. The van der Waals surface area contributed by atoms with Gasteiger partial charge in [-0.2, -0.15) is 0 Å². The molecule has 0 saturated heterocycles. The molecule has 310 valence electrons. The van der Waals surface area contributed by atoms with Gasteiger partial charge in [0.1, 0.15) is 0 Å². The number of unbranched alkanes of at least 4 members (excludes halogenated alkanes) is 32. The zero-order valence-corrected chi connectivity index (χ0v) is 35.1. The Morgan fingerprint density at radius 1 is 0.462 bits per heavy atom. The molecule has 0 spiro atoms. The Hall–Kier alpha value is -1.14. The predicted octanol–water partition coefficient (Wildman–Crippen LogP) is 13.2. The van der Waals surface area contributed by atoms with Crippen molar-refractivity contribution in [2.24, 2.45) is 0 Å². The molecule has 0 bridgehead atoms. The van der Waals surface area contributed by atoms with E-state index in [4.69, 9.17) is 4.74 Å². The maximum atomic E-state index is 12.4. The summed E-state index contributed by atoms with van der Waals surface area (Å²) < 4.78 is 5.45. The van der Waals surface area contributed by atoms with Gasteiger partial charge in [0.2, 0.25) is 5.91 Å². The number of hydrogen-bond acceptors (Lipinski definition) is 5. The summed E-state index contributed by atoms with van der Waals surface area (Å²) in [6, 6.07) is -0.554. The summed E-state index contributed by atoms with van der Waals surface area (Å²) in [7, 11) is 0. The van der Waals surface area contributed by atoms with Crippen LogP contribution in [0, 0.1) is 0 Å². The van der Waals surface area contributed by atoms with Crippen LogP contribution in [0.15, 0.2) is 0 Å². The van der Waals surface area contributed by atoms with E-state index in [9.17, 15) is 19.8 Å². The van der Waals surface area contributed by atoms with Crippen LogP contribution in [0.3, 0.4) is 0 Å². The van der Waals surface area contributed by atoms with Crippen molar-refractivity contribution < 1.29 is 24.5 Å². The first-order valence-corrected chi connectivity index (χ1v) is 23.3. The van der Waals surface area contributed by atoms with Crippen LogP contribution < -0.4 is 5.32 Å².